The zero-order chi connectivity index (χ0) is 20.8. The molecule has 0 aliphatic heterocycles. The lowest BCUT2D eigenvalue weighted by Crippen LogP contribution is -2.09. The molecule has 0 bridgehead atoms. The van der Waals surface area contributed by atoms with Crippen LogP contribution in [-0.2, 0) is 9.59 Å². The molecule has 1 aliphatic rings. The summed E-state index contributed by atoms with van der Waals surface area (Å²) in [6, 6.07) is 10.0. The fourth-order valence-electron chi connectivity index (χ4n) is 3.19. The van der Waals surface area contributed by atoms with Gasteiger partial charge in [0, 0.05) is 0 Å². The molecular formula is C24H24O5. The van der Waals surface area contributed by atoms with E-state index in [9.17, 15) is 19.8 Å². The largest absolute Gasteiger partial charge is 0.508 e. The Morgan fingerprint density at radius 2 is 1.55 bits per heavy atom. The van der Waals surface area contributed by atoms with Crippen molar-refractivity contribution in [3.8, 4) is 17.2 Å². The van der Waals surface area contributed by atoms with Crippen LogP contribution < -0.4 is 4.74 Å². The molecule has 3 rings (SSSR count). The standard InChI is InChI=1S/C24H24O5/c1-29-24-14-17(8-12-23(24)28)6-10-20(26)15-19(25)9-5-16-7-11-22(27)21(13-16)18-3-2-4-18/h5-14,18,27-28H,2-4,15H2,1H3/b9-5+,10-6+. The summed E-state index contributed by atoms with van der Waals surface area (Å²) in [5.74, 6) is 0.419. The zero-order valence-electron chi connectivity index (χ0n) is 16.3. The molecule has 0 saturated heterocycles. The van der Waals surface area contributed by atoms with Gasteiger partial charge in [-0.3, -0.25) is 9.59 Å². The molecule has 0 heterocycles. The molecule has 150 valence electrons. The second kappa shape index (κ2) is 9.24. The minimum atomic E-state index is -0.312. The first-order valence-electron chi connectivity index (χ1n) is 9.58. The molecule has 29 heavy (non-hydrogen) atoms. The van der Waals surface area contributed by atoms with E-state index in [1.54, 1.807) is 36.4 Å². The van der Waals surface area contributed by atoms with Crippen LogP contribution in [-0.4, -0.2) is 28.9 Å². The van der Waals surface area contributed by atoms with Gasteiger partial charge in [0.25, 0.3) is 0 Å². The van der Waals surface area contributed by atoms with Gasteiger partial charge < -0.3 is 14.9 Å². The van der Waals surface area contributed by atoms with E-state index in [4.69, 9.17) is 4.74 Å². The Morgan fingerprint density at radius 3 is 2.10 bits per heavy atom. The summed E-state index contributed by atoms with van der Waals surface area (Å²) in [4.78, 5) is 24.1. The Kier molecular flexibility index (Phi) is 6.50. The number of phenolic OH excluding ortho intramolecular Hbond substituents is 2. The molecule has 2 aromatic rings. The number of phenols is 2. The van der Waals surface area contributed by atoms with Gasteiger partial charge in [-0.05, 0) is 71.9 Å². The highest BCUT2D eigenvalue weighted by Crippen LogP contribution is 2.40. The van der Waals surface area contributed by atoms with Gasteiger partial charge in [0.05, 0.1) is 13.5 Å². The van der Waals surface area contributed by atoms with Crippen LogP contribution in [0.3, 0.4) is 0 Å². The van der Waals surface area contributed by atoms with Crippen molar-refractivity contribution in [2.75, 3.05) is 7.11 Å². The van der Waals surface area contributed by atoms with Crippen molar-refractivity contribution in [1.29, 1.82) is 0 Å². The van der Waals surface area contributed by atoms with Crippen LogP contribution >= 0.6 is 0 Å². The molecule has 2 aromatic carbocycles. The summed E-state index contributed by atoms with van der Waals surface area (Å²) in [5.41, 5.74) is 2.44. The molecule has 1 aliphatic carbocycles. The summed E-state index contributed by atoms with van der Waals surface area (Å²) in [6.07, 6.45) is 9.09. The highest BCUT2D eigenvalue weighted by molar-refractivity contribution is 6.10. The highest BCUT2D eigenvalue weighted by atomic mass is 16.5. The Labute approximate surface area is 170 Å². The highest BCUT2D eigenvalue weighted by Gasteiger charge is 2.22. The minimum Gasteiger partial charge on any atom is -0.508 e. The molecule has 1 fully saturated rings. The third kappa shape index (κ3) is 5.35. The summed E-state index contributed by atoms with van der Waals surface area (Å²) in [7, 11) is 1.45. The Hall–Kier alpha value is -3.34. The predicted octanol–water partition coefficient (Wildman–Crippen LogP) is 4.63. The normalized spacial score (nSPS) is 14.2. The van der Waals surface area contributed by atoms with E-state index in [0.29, 0.717) is 23.0 Å². The fourth-order valence-corrected chi connectivity index (χ4v) is 3.19. The lowest BCUT2D eigenvalue weighted by atomic mass is 9.79. The molecule has 0 aromatic heterocycles. The van der Waals surface area contributed by atoms with Crippen molar-refractivity contribution in [2.24, 2.45) is 0 Å². The third-order valence-corrected chi connectivity index (χ3v) is 5.07. The number of aromatic hydroxyl groups is 2. The third-order valence-electron chi connectivity index (χ3n) is 5.07. The van der Waals surface area contributed by atoms with Crippen molar-refractivity contribution in [3.05, 3.63) is 65.2 Å². The topological polar surface area (TPSA) is 83.8 Å². The van der Waals surface area contributed by atoms with Gasteiger partial charge >= 0.3 is 0 Å². The van der Waals surface area contributed by atoms with Crippen LogP contribution in [0.2, 0.25) is 0 Å². The van der Waals surface area contributed by atoms with E-state index in [-0.39, 0.29) is 23.7 Å². The molecule has 0 spiro atoms. The molecule has 5 heteroatoms. The number of allylic oxidation sites excluding steroid dienone is 2. The quantitative estimate of drug-likeness (QED) is 0.505. The first-order chi connectivity index (χ1) is 14.0. The molecular weight excluding hydrogens is 368 g/mol. The lowest BCUT2D eigenvalue weighted by Gasteiger charge is -2.26. The van der Waals surface area contributed by atoms with Crippen molar-refractivity contribution >= 4 is 23.7 Å². The molecule has 5 nitrogen and oxygen atoms in total. The number of hydrogen-bond acceptors (Lipinski definition) is 5. The van der Waals surface area contributed by atoms with Gasteiger partial charge in [0.2, 0.25) is 0 Å². The molecule has 0 amide bonds. The van der Waals surface area contributed by atoms with Crippen molar-refractivity contribution in [1.82, 2.24) is 0 Å². The predicted molar refractivity (Wildman–Crippen MR) is 112 cm³/mol. The smallest absolute Gasteiger partial charge is 0.163 e. The zero-order valence-corrected chi connectivity index (χ0v) is 16.3. The summed E-state index contributed by atoms with van der Waals surface area (Å²) >= 11 is 0. The summed E-state index contributed by atoms with van der Waals surface area (Å²) < 4.78 is 5.02. The van der Waals surface area contributed by atoms with Gasteiger partial charge in [0.15, 0.2) is 23.1 Å². The van der Waals surface area contributed by atoms with E-state index in [1.165, 1.54) is 31.7 Å². The molecule has 0 atom stereocenters. The maximum atomic E-state index is 12.1. The van der Waals surface area contributed by atoms with Crippen LogP contribution in [0.4, 0.5) is 0 Å². The van der Waals surface area contributed by atoms with Gasteiger partial charge in [0.1, 0.15) is 5.75 Å². The van der Waals surface area contributed by atoms with Gasteiger partial charge in [-0.25, -0.2) is 0 Å². The van der Waals surface area contributed by atoms with Crippen LogP contribution in [0.15, 0.2) is 48.6 Å². The monoisotopic (exact) mass is 392 g/mol. The number of hydrogen-bond donors (Lipinski definition) is 2. The van der Waals surface area contributed by atoms with E-state index in [2.05, 4.69) is 0 Å². The summed E-state index contributed by atoms with van der Waals surface area (Å²) in [5, 5.41) is 19.6. The van der Waals surface area contributed by atoms with Crippen LogP contribution in [0.1, 0.15) is 48.3 Å². The fraction of sp³-hybridized carbons (Fsp3) is 0.250. The maximum Gasteiger partial charge on any atom is 0.163 e. The first kappa shape index (κ1) is 20.4. The van der Waals surface area contributed by atoms with Crippen molar-refractivity contribution < 1.29 is 24.5 Å². The number of ether oxygens (including phenoxy) is 1. The second-order valence-corrected chi connectivity index (χ2v) is 7.15. The molecule has 2 N–H and O–H groups in total. The van der Waals surface area contributed by atoms with E-state index >= 15 is 0 Å². The van der Waals surface area contributed by atoms with Gasteiger partial charge in [-0.2, -0.15) is 0 Å². The number of rotatable bonds is 8. The lowest BCUT2D eigenvalue weighted by molar-refractivity contribution is -0.121. The van der Waals surface area contributed by atoms with Crippen LogP contribution in [0.25, 0.3) is 12.2 Å². The second-order valence-electron chi connectivity index (χ2n) is 7.15. The number of benzene rings is 2. The number of carbonyl (C=O) groups excluding carboxylic acids is 2. The van der Waals surface area contributed by atoms with Crippen LogP contribution in [0.5, 0.6) is 17.2 Å². The Morgan fingerprint density at radius 1 is 0.966 bits per heavy atom. The Bertz CT molecular complexity index is 967. The molecule has 1 saturated carbocycles. The first-order valence-corrected chi connectivity index (χ1v) is 9.58. The van der Waals surface area contributed by atoms with Gasteiger partial charge in [-0.15, -0.1) is 0 Å². The van der Waals surface area contributed by atoms with E-state index in [1.807, 2.05) is 6.07 Å². The summed E-state index contributed by atoms with van der Waals surface area (Å²) in [6.45, 7) is 0. The number of carbonyl (C=O) groups is 2. The Balaban J connectivity index is 1.58. The van der Waals surface area contributed by atoms with Crippen LogP contribution in [0, 0.1) is 0 Å². The maximum absolute atomic E-state index is 12.1. The average molecular weight is 392 g/mol. The molecule has 0 radical (unpaired) electrons. The van der Waals surface area contributed by atoms with Crippen molar-refractivity contribution in [2.45, 2.75) is 31.6 Å². The SMILES string of the molecule is COc1cc(/C=C/C(=O)CC(=O)/C=C/c2ccc(O)c(C3CCC3)c2)ccc1O. The molecule has 0 unspecified atom stereocenters. The van der Waals surface area contributed by atoms with Gasteiger partial charge in [-0.1, -0.05) is 30.7 Å². The van der Waals surface area contributed by atoms with E-state index < -0.39 is 0 Å². The number of ketones is 2. The average Bonchev–Trinajstić information content (AvgIpc) is 2.66. The van der Waals surface area contributed by atoms with Crippen molar-refractivity contribution in [3.63, 3.8) is 0 Å². The minimum absolute atomic E-state index is 0.0194. The number of methoxy groups -OCH3 is 1. The van der Waals surface area contributed by atoms with E-state index in [0.717, 1.165) is 24.0 Å².